The van der Waals surface area contributed by atoms with Crippen LogP contribution in [0.3, 0.4) is 0 Å². The van der Waals surface area contributed by atoms with Crippen LogP contribution in [0.1, 0.15) is 11.6 Å². The number of hydrogen-bond acceptors (Lipinski definition) is 3. The van der Waals surface area contributed by atoms with Gasteiger partial charge in [0.2, 0.25) is 0 Å². The van der Waals surface area contributed by atoms with E-state index in [0.717, 1.165) is 12.1 Å². The predicted molar refractivity (Wildman–Crippen MR) is 52.4 cm³/mol. The molecule has 1 unspecified atom stereocenters. The molecule has 1 aromatic carbocycles. The van der Waals surface area contributed by atoms with Crippen LogP contribution < -0.4 is 11.1 Å². The van der Waals surface area contributed by atoms with Crippen molar-refractivity contribution in [2.45, 2.75) is 6.04 Å². The lowest BCUT2D eigenvalue weighted by molar-refractivity contribution is 0.0768. The van der Waals surface area contributed by atoms with Gasteiger partial charge in [-0.1, -0.05) is 6.07 Å². The van der Waals surface area contributed by atoms with Crippen molar-refractivity contribution in [2.24, 2.45) is 0 Å². The Bertz CT molecular complexity index is 324. The Hall–Kier alpha value is -1.13. The highest BCUT2D eigenvalue weighted by Gasteiger charge is 2.15. The first-order chi connectivity index (χ1) is 6.77. The second kappa shape index (κ2) is 3.94. The third-order valence-corrected chi connectivity index (χ3v) is 2.35. The van der Waals surface area contributed by atoms with E-state index in [4.69, 9.17) is 10.5 Å². The third-order valence-electron chi connectivity index (χ3n) is 2.35. The Kier molecular flexibility index (Phi) is 2.65. The largest absolute Gasteiger partial charge is 0.396 e. The van der Waals surface area contributed by atoms with Crippen molar-refractivity contribution in [3.8, 4) is 0 Å². The summed E-state index contributed by atoms with van der Waals surface area (Å²) in [6.45, 7) is 2.11. The summed E-state index contributed by atoms with van der Waals surface area (Å²) in [5.41, 5.74) is 6.46. The van der Waals surface area contributed by atoms with Gasteiger partial charge in [-0.05, 0) is 17.7 Å². The van der Waals surface area contributed by atoms with Gasteiger partial charge in [0, 0.05) is 6.54 Å². The molecule has 76 valence electrons. The van der Waals surface area contributed by atoms with E-state index < -0.39 is 0 Å². The van der Waals surface area contributed by atoms with Gasteiger partial charge in [-0.25, -0.2) is 4.39 Å². The molecular weight excluding hydrogens is 183 g/mol. The lowest BCUT2D eigenvalue weighted by Crippen LogP contribution is -2.34. The van der Waals surface area contributed by atoms with Crippen LogP contribution >= 0.6 is 0 Å². The summed E-state index contributed by atoms with van der Waals surface area (Å²) in [7, 11) is 0. The second-order valence-electron chi connectivity index (χ2n) is 3.36. The summed E-state index contributed by atoms with van der Waals surface area (Å²) in [5, 5.41) is 3.25. The SMILES string of the molecule is Nc1ccc(C2COCCN2)cc1F. The minimum Gasteiger partial charge on any atom is -0.396 e. The quantitative estimate of drug-likeness (QED) is 0.660. The van der Waals surface area contributed by atoms with Gasteiger partial charge in [0.1, 0.15) is 5.82 Å². The number of morpholine rings is 1. The van der Waals surface area contributed by atoms with Crippen molar-refractivity contribution in [1.82, 2.24) is 5.32 Å². The number of halogens is 1. The van der Waals surface area contributed by atoms with Crippen molar-refractivity contribution in [3.63, 3.8) is 0 Å². The van der Waals surface area contributed by atoms with E-state index in [0.29, 0.717) is 13.2 Å². The summed E-state index contributed by atoms with van der Waals surface area (Å²) in [6, 6.07) is 4.95. The predicted octanol–water partition coefficient (Wildman–Crippen LogP) is 1.07. The fourth-order valence-corrected chi connectivity index (χ4v) is 1.54. The minimum atomic E-state index is -0.366. The van der Waals surface area contributed by atoms with Crippen LogP contribution in [0.2, 0.25) is 0 Å². The Balaban J connectivity index is 2.18. The van der Waals surface area contributed by atoms with E-state index in [1.807, 2.05) is 6.07 Å². The van der Waals surface area contributed by atoms with E-state index in [1.165, 1.54) is 6.07 Å². The van der Waals surface area contributed by atoms with Crippen molar-refractivity contribution >= 4 is 5.69 Å². The molecule has 0 saturated carbocycles. The molecule has 1 aliphatic heterocycles. The first kappa shape index (κ1) is 9.43. The molecule has 0 spiro atoms. The molecule has 4 heteroatoms. The molecule has 1 aromatic rings. The average Bonchev–Trinajstić information content (AvgIpc) is 2.23. The minimum absolute atomic E-state index is 0.0823. The number of hydrogen-bond donors (Lipinski definition) is 2. The first-order valence-corrected chi connectivity index (χ1v) is 4.63. The fraction of sp³-hybridized carbons (Fsp3) is 0.400. The van der Waals surface area contributed by atoms with Crippen LogP contribution in [0.5, 0.6) is 0 Å². The Morgan fingerprint density at radius 2 is 2.36 bits per heavy atom. The van der Waals surface area contributed by atoms with Gasteiger partial charge in [-0.15, -0.1) is 0 Å². The van der Waals surface area contributed by atoms with Crippen LogP contribution in [-0.2, 0) is 4.74 Å². The zero-order valence-corrected chi connectivity index (χ0v) is 7.79. The summed E-state index contributed by atoms with van der Waals surface area (Å²) >= 11 is 0. The normalized spacial score (nSPS) is 22.2. The van der Waals surface area contributed by atoms with E-state index in [1.54, 1.807) is 6.07 Å². The van der Waals surface area contributed by atoms with E-state index in [9.17, 15) is 4.39 Å². The molecule has 1 aliphatic rings. The number of nitrogens with one attached hydrogen (secondary N) is 1. The average molecular weight is 196 g/mol. The Labute approximate surface area is 82.1 Å². The highest BCUT2D eigenvalue weighted by Crippen LogP contribution is 2.19. The summed E-state index contributed by atoms with van der Waals surface area (Å²) in [4.78, 5) is 0. The van der Waals surface area contributed by atoms with E-state index in [-0.39, 0.29) is 17.5 Å². The monoisotopic (exact) mass is 196 g/mol. The maximum atomic E-state index is 13.1. The summed E-state index contributed by atoms with van der Waals surface area (Å²) < 4.78 is 18.4. The lowest BCUT2D eigenvalue weighted by Gasteiger charge is -2.24. The van der Waals surface area contributed by atoms with Gasteiger partial charge >= 0.3 is 0 Å². The Morgan fingerprint density at radius 1 is 1.50 bits per heavy atom. The molecule has 3 N–H and O–H groups in total. The molecule has 0 bridgehead atoms. The smallest absolute Gasteiger partial charge is 0.146 e. The highest BCUT2D eigenvalue weighted by atomic mass is 19.1. The molecule has 14 heavy (non-hydrogen) atoms. The van der Waals surface area contributed by atoms with Gasteiger partial charge in [0.15, 0.2) is 0 Å². The van der Waals surface area contributed by atoms with Crippen molar-refractivity contribution in [1.29, 1.82) is 0 Å². The van der Waals surface area contributed by atoms with Gasteiger partial charge in [0.05, 0.1) is 24.9 Å². The van der Waals surface area contributed by atoms with Crippen LogP contribution in [-0.4, -0.2) is 19.8 Å². The standard InChI is InChI=1S/C10H13FN2O/c11-8-5-7(1-2-9(8)12)10-6-14-4-3-13-10/h1-2,5,10,13H,3-4,6,12H2. The van der Waals surface area contributed by atoms with Crippen LogP contribution in [0.25, 0.3) is 0 Å². The number of anilines is 1. The van der Waals surface area contributed by atoms with Crippen molar-refractivity contribution < 1.29 is 9.13 Å². The summed E-state index contributed by atoms with van der Waals surface area (Å²) in [6.07, 6.45) is 0. The fourth-order valence-electron chi connectivity index (χ4n) is 1.54. The van der Waals surface area contributed by atoms with Gasteiger partial charge < -0.3 is 15.8 Å². The topological polar surface area (TPSA) is 47.3 Å². The van der Waals surface area contributed by atoms with Gasteiger partial charge in [-0.2, -0.15) is 0 Å². The molecule has 0 radical (unpaired) electrons. The number of nitrogen functional groups attached to an aromatic ring is 1. The molecule has 1 atom stereocenters. The lowest BCUT2D eigenvalue weighted by atomic mass is 10.1. The van der Waals surface area contributed by atoms with E-state index >= 15 is 0 Å². The van der Waals surface area contributed by atoms with Crippen LogP contribution in [0, 0.1) is 5.82 Å². The maximum Gasteiger partial charge on any atom is 0.146 e. The Morgan fingerprint density at radius 3 is 3.00 bits per heavy atom. The molecule has 1 fully saturated rings. The van der Waals surface area contributed by atoms with Crippen molar-refractivity contribution in [2.75, 3.05) is 25.5 Å². The number of ether oxygens (including phenoxy) is 1. The maximum absolute atomic E-state index is 13.1. The summed E-state index contributed by atoms with van der Waals surface area (Å²) in [5.74, 6) is -0.366. The molecular formula is C10H13FN2O. The zero-order valence-electron chi connectivity index (χ0n) is 7.79. The molecule has 0 aromatic heterocycles. The molecule has 0 aliphatic carbocycles. The molecule has 3 nitrogen and oxygen atoms in total. The van der Waals surface area contributed by atoms with E-state index in [2.05, 4.69) is 5.32 Å². The van der Waals surface area contributed by atoms with Crippen molar-refractivity contribution in [3.05, 3.63) is 29.6 Å². The molecule has 1 saturated heterocycles. The van der Waals surface area contributed by atoms with Crippen LogP contribution in [0.4, 0.5) is 10.1 Å². The van der Waals surface area contributed by atoms with Gasteiger partial charge in [-0.3, -0.25) is 0 Å². The first-order valence-electron chi connectivity index (χ1n) is 4.63. The number of rotatable bonds is 1. The molecule has 2 rings (SSSR count). The third kappa shape index (κ3) is 1.86. The zero-order chi connectivity index (χ0) is 9.97. The molecule has 1 heterocycles. The van der Waals surface area contributed by atoms with Gasteiger partial charge in [0.25, 0.3) is 0 Å². The number of benzene rings is 1. The van der Waals surface area contributed by atoms with Crippen LogP contribution in [0.15, 0.2) is 18.2 Å². The number of nitrogens with two attached hydrogens (primary N) is 1. The second-order valence-corrected chi connectivity index (χ2v) is 3.36. The molecule has 0 amide bonds. The highest BCUT2D eigenvalue weighted by molar-refractivity contribution is 5.42.